The van der Waals surface area contributed by atoms with Gasteiger partial charge in [-0.25, -0.2) is 0 Å². The number of ether oxygens (including phenoxy) is 1. The van der Waals surface area contributed by atoms with Crippen LogP contribution in [-0.4, -0.2) is 24.9 Å². The van der Waals surface area contributed by atoms with Crippen LogP contribution in [0, 0.1) is 0 Å². The van der Waals surface area contributed by atoms with E-state index in [1.54, 1.807) is 0 Å². The number of carbonyl (C=O) groups is 1. The third kappa shape index (κ3) is 5.83. The average molecular weight is 296 g/mol. The maximum atomic E-state index is 12.3. The molecule has 0 saturated heterocycles. The predicted molar refractivity (Wildman–Crippen MR) is 65.3 cm³/mol. The fourth-order valence-corrected chi connectivity index (χ4v) is 1.37. The van der Waals surface area contributed by atoms with E-state index in [4.69, 9.17) is 16.3 Å². The van der Waals surface area contributed by atoms with Crippen LogP contribution < -0.4 is 10.1 Å². The van der Waals surface area contributed by atoms with Gasteiger partial charge in [0.1, 0.15) is 11.6 Å². The highest BCUT2D eigenvalue weighted by molar-refractivity contribution is 6.27. The van der Waals surface area contributed by atoms with Gasteiger partial charge in [-0.05, 0) is 30.7 Å². The van der Waals surface area contributed by atoms with Crippen molar-refractivity contribution in [1.82, 2.24) is 5.32 Å². The van der Waals surface area contributed by atoms with Crippen LogP contribution >= 0.6 is 11.6 Å². The Kier molecular flexibility index (Phi) is 5.95. The third-order valence-corrected chi connectivity index (χ3v) is 2.46. The van der Waals surface area contributed by atoms with Crippen molar-refractivity contribution in [2.45, 2.75) is 12.6 Å². The summed E-state index contributed by atoms with van der Waals surface area (Å²) < 4.78 is 42.1. The van der Waals surface area contributed by atoms with Gasteiger partial charge in [0.2, 0.25) is 5.91 Å². The summed E-state index contributed by atoms with van der Waals surface area (Å²) in [5, 5.41) is 2.55. The van der Waals surface area contributed by atoms with Crippen molar-refractivity contribution in [3.8, 4) is 5.75 Å². The Morgan fingerprint density at radius 3 is 2.42 bits per heavy atom. The van der Waals surface area contributed by atoms with Gasteiger partial charge < -0.3 is 10.1 Å². The molecule has 106 valence electrons. The number of nitrogens with one attached hydrogen (secondary N) is 1. The van der Waals surface area contributed by atoms with Crippen LogP contribution in [0.3, 0.4) is 0 Å². The topological polar surface area (TPSA) is 38.3 Å². The highest BCUT2D eigenvalue weighted by Gasteiger charge is 2.29. The molecule has 0 aliphatic heterocycles. The van der Waals surface area contributed by atoms with E-state index in [9.17, 15) is 18.0 Å². The van der Waals surface area contributed by atoms with Crippen molar-refractivity contribution in [3.05, 3.63) is 29.8 Å². The van der Waals surface area contributed by atoms with Crippen molar-refractivity contribution in [3.63, 3.8) is 0 Å². The Balaban J connectivity index is 2.29. The van der Waals surface area contributed by atoms with Gasteiger partial charge in [0, 0.05) is 6.54 Å². The van der Waals surface area contributed by atoms with Gasteiger partial charge in [0.15, 0.2) is 0 Å². The van der Waals surface area contributed by atoms with E-state index < -0.39 is 11.7 Å². The summed E-state index contributed by atoms with van der Waals surface area (Å²) in [7, 11) is 0. The zero-order valence-electron chi connectivity index (χ0n) is 9.97. The van der Waals surface area contributed by atoms with Crippen molar-refractivity contribution in [2.24, 2.45) is 0 Å². The minimum absolute atomic E-state index is 0.0975. The summed E-state index contributed by atoms with van der Waals surface area (Å²) in [6, 6.07) is 4.45. The summed E-state index contributed by atoms with van der Waals surface area (Å²) in [5.74, 6) is -0.00684. The average Bonchev–Trinajstić information content (AvgIpc) is 2.37. The summed E-state index contributed by atoms with van der Waals surface area (Å²) >= 11 is 5.28. The van der Waals surface area contributed by atoms with Crippen molar-refractivity contribution >= 4 is 17.5 Å². The van der Waals surface area contributed by atoms with E-state index in [0.717, 1.165) is 12.1 Å². The van der Waals surface area contributed by atoms with Crippen LogP contribution in [0.1, 0.15) is 12.0 Å². The maximum absolute atomic E-state index is 12.3. The first-order valence-corrected chi connectivity index (χ1v) is 6.09. The van der Waals surface area contributed by atoms with Crippen LogP contribution in [0.2, 0.25) is 0 Å². The molecular weight excluding hydrogens is 283 g/mol. The molecule has 1 aromatic carbocycles. The Hall–Kier alpha value is -1.43. The molecule has 0 atom stereocenters. The summed E-state index contributed by atoms with van der Waals surface area (Å²) in [6.07, 6.45) is -3.80. The Bertz CT molecular complexity index is 406. The molecule has 1 rings (SSSR count). The highest BCUT2D eigenvalue weighted by Crippen LogP contribution is 2.30. The first-order chi connectivity index (χ1) is 8.93. The molecule has 1 aromatic rings. The molecule has 0 saturated carbocycles. The maximum Gasteiger partial charge on any atom is 0.416 e. The van der Waals surface area contributed by atoms with E-state index in [0.29, 0.717) is 25.3 Å². The minimum atomic E-state index is -4.34. The van der Waals surface area contributed by atoms with Crippen LogP contribution in [0.5, 0.6) is 5.75 Å². The molecular formula is C12H13ClF3NO2. The fourth-order valence-electron chi connectivity index (χ4n) is 1.28. The number of hydrogen-bond donors (Lipinski definition) is 1. The molecule has 0 aromatic heterocycles. The van der Waals surface area contributed by atoms with E-state index in [-0.39, 0.29) is 11.8 Å². The number of hydrogen-bond acceptors (Lipinski definition) is 2. The van der Waals surface area contributed by atoms with E-state index in [1.165, 1.54) is 12.1 Å². The molecule has 1 amide bonds. The molecule has 0 radical (unpaired) electrons. The lowest BCUT2D eigenvalue weighted by molar-refractivity contribution is -0.137. The summed E-state index contributed by atoms with van der Waals surface area (Å²) in [4.78, 5) is 10.8. The number of carbonyl (C=O) groups excluding carboxylic acids is 1. The molecule has 0 spiro atoms. The Morgan fingerprint density at radius 1 is 1.26 bits per heavy atom. The van der Waals surface area contributed by atoms with Gasteiger partial charge in [0.25, 0.3) is 0 Å². The largest absolute Gasteiger partial charge is 0.494 e. The monoisotopic (exact) mass is 295 g/mol. The summed E-state index contributed by atoms with van der Waals surface area (Å²) in [5.41, 5.74) is -0.714. The van der Waals surface area contributed by atoms with Crippen LogP contribution in [-0.2, 0) is 11.0 Å². The van der Waals surface area contributed by atoms with Crippen molar-refractivity contribution in [2.75, 3.05) is 19.0 Å². The zero-order valence-corrected chi connectivity index (χ0v) is 10.7. The lowest BCUT2D eigenvalue weighted by Gasteiger charge is -2.09. The molecule has 0 fully saturated rings. The van der Waals surface area contributed by atoms with Gasteiger partial charge >= 0.3 is 6.18 Å². The first kappa shape index (κ1) is 15.6. The molecule has 0 heterocycles. The second kappa shape index (κ2) is 7.23. The number of alkyl halides is 4. The normalized spacial score (nSPS) is 11.2. The van der Waals surface area contributed by atoms with E-state index >= 15 is 0 Å². The standard InChI is InChI=1S/C12H13ClF3NO2/c13-8-11(18)17-6-1-7-19-10-4-2-9(3-5-10)12(14,15)16/h2-5H,1,6-8H2,(H,17,18). The van der Waals surface area contributed by atoms with Gasteiger partial charge in [-0.2, -0.15) is 13.2 Å². The molecule has 3 nitrogen and oxygen atoms in total. The lowest BCUT2D eigenvalue weighted by atomic mass is 10.2. The molecule has 1 N–H and O–H groups in total. The lowest BCUT2D eigenvalue weighted by Crippen LogP contribution is -2.26. The first-order valence-electron chi connectivity index (χ1n) is 5.56. The quantitative estimate of drug-likeness (QED) is 0.647. The van der Waals surface area contributed by atoms with Crippen molar-refractivity contribution in [1.29, 1.82) is 0 Å². The molecule has 0 bridgehead atoms. The minimum Gasteiger partial charge on any atom is -0.494 e. The second-order valence-corrected chi connectivity index (χ2v) is 3.97. The van der Waals surface area contributed by atoms with E-state index in [1.807, 2.05) is 0 Å². The van der Waals surface area contributed by atoms with Gasteiger partial charge in [0.05, 0.1) is 12.2 Å². The SMILES string of the molecule is O=C(CCl)NCCCOc1ccc(C(F)(F)F)cc1. The molecule has 0 aliphatic carbocycles. The number of rotatable bonds is 6. The number of benzene rings is 1. The third-order valence-electron chi connectivity index (χ3n) is 2.22. The van der Waals surface area contributed by atoms with Crippen LogP contribution in [0.15, 0.2) is 24.3 Å². The fraction of sp³-hybridized carbons (Fsp3) is 0.417. The molecule has 19 heavy (non-hydrogen) atoms. The molecule has 0 aliphatic rings. The zero-order chi connectivity index (χ0) is 14.3. The van der Waals surface area contributed by atoms with Gasteiger partial charge in [-0.3, -0.25) is 4.79 Å². The Labute approximate surface area is 113 Å². The summed E-state index contributed by atoms with van der Waals surface area (Å²) in [6.45, 7) is 0.708. The smallest absolute Gasteiger partial charge is 0.416 e. The number of halogens is 4. The predicted octanol–water partition coefficient (Wildman–Crippen LogP) is 2.83. The van der Waals surface area contributed by atoms with Gasteiger partial charge in [-0.1, -0.05) is 0 Å². The van der Waals surface area contributed by atoms with E-state index in [2.05, 4.69) is 5.32 Å². The number of amides is 1. The van der Waals surface area contributed by atoms with Crippen LogP contribution in [0.4, 0.5) is 13.2 Å². The molecule has 0 unspecified atom stereocenters. The Morgan fingerprint density at radius 2 is 1.89 bits per heavy atom. The molecule has 7 heteroatoms. The second-order valence-electron chi connectivity index (χ2n) is 3.71. The van der Waals surface area contributed by atoms with Crippen LogP contribution in [0.25, 0.3) is 0 Å². The van der Waals surface area contributed by atoms with Gasteiger partial charge in [-0.15, -0.1) is 11.6 Å². The van der Waals surface area contributed by atoms with Crippen molar-refractivity contribution < 1.29 is 22.7 Å². The highest BCUT2D eigenvalue weighted by atomic mass is 35.5.